The maximum absolute atomic E-state index is 11.8. The first kappa shape index (κ1) is 15.0. The quantitative estimate of drug-likeness (QED) is 0.683. The molecule has 120 valence electrons. The van der Waals surface area contributed by atoms with Gasteiger partial charge in [-0.1, -0.05) is 41.9 Å². The second-order valence-electron chi connectivity index (χ2n) is 6.21. The second-order valence-corrected chi connectivity index (χ2v) is 6.64. The summed E-state index contributed by atoms with van der Waals surface area (Å²) in [5, 5.41) is 10.3. The normalized spacial score (nSPS) is 12.6. The highest BCUT2D eigenvalue weighted by molar-refractivity contribution is 6.31. The first-order chi connectivity index (χ1) is 11.5. The van der Waals surface area contributed by atoms with E-state index in [1.165, 1.54) is 5.56 Å². The van der Waals surface area contributed by atoms with Crippen LogP contribution in [-0.2, 0) is 12.8 Å². The van der Waals surface area contributed by atoms with Crippen molar-refractivity contribution < 1.29 is 9.90 Å². The monoisotopic (exact) mass is 337 g/mol. The molecule has 0 spiro atoms. The molecule has 4 rings (SSSR count). The third kappa shape index (κ3) is 2.33. The number of carboxylic acids is 1. The SMILES string of the molecule is Cc1cc(Cl)cc(-c2c(C(=O)O)[nH]c3c2CCc2ccccc2-3)c1. The van der Waals surface area contributed by atoms with Crippen molar-refractivity contribution in [1.29, 1.82) is 0 Å². The summed E-state index contributed by atoms with van der Waals surface area (Å²) in [6, 6.07) is 13.9. The molecule has 0 radical (unpaired) electrons. The van der Waals surface area contributed by atoms with E-state index in [1.54, 1.807) is 0 Å². The van der Waals surface area contributed by atoms with E-state index in [1.807, 2.05) is 43.3 Å². The van der Waals surface area contributed by atoms with Crippen LogP contribution in [0.15, 0.2) is 42.5 Å². The summed E-state index contributed by atoms with van der Waals surface area (Å²) in [5.74, 6) is -0.950. The number of aryl methyl sites for hydroxylation is 2. The molecule has 0 saturated carbocycles. The van der Waals surface area contributed by atoms with Gasteiger partial charge in [-0.2, -0.15) is 0 Å². The highest BCUT2D eigenvalue weighted by Crippen LogP contribution is 2.41. The van der Waals surface area contributed by atoms with Gasteiger partial charge >= 0.3 is 5.97 Å². The van der Waals surface area contributed by atoms with Crippen molar-refractivity contribution in [2.75, 3.05) is 0 Å². The van der Waals surface area contributed by atoms with E-state index < -0.39 is 5.97 Å². The predicted octanol–water partition coefficient (Wildman–Crippen LogP) is 5.11. The molecule has 0 bridgehead atoms. The van der Waals surface area contributed by atoms with Gasteiger partial charge in [-0.15, -0.1) is 0 Å². The third-order valence-corrected chi connectivity index (χ3v) is 4.80. The Labute approximate surface area is 144 Å². The van der Waals surface area contributed by atoms with Crippen LogP contribution < -0.4 is 0 Å². The Morgan fingerprint density at radius 2 is 1.96 bits per heavy atom. The molecule has 1 aliphatic carbocycles. The number of aromatic amines is 1. The summed E-state index contributed by atoms with van der Waals surface area (Å²) >= 11 is 6.21. The van der Waals surface area contributed by atoms with Gasteiger partial charge in [0.15, 0.2) is 0 Å². The van der Waals surface area contributed by atoms with Crippen LogP contribution in [0.5, 0.6) is 0 Å². The summed E-state index contributed by atoms with van der Waals surface area (Å²) in [4.78, 5) is 15.0. The number of rotatable bonds is 2. The molecule has 0 unspecified atom stereocenters. The molecular formula is C20H16ClNO2. The first-order valence-corrected chi connectivity index (χ1v) is 8.26. The summed E-state index contributed by atoms with van der Waals surface area (Å²) in [7, 11) is 0. The summed E-state index contributed by atoms with van der Waals surface area (Å²) in [6.07, 6.45) is 1.73. The number of H-pyrrole nitrogens is 1. The van der Waals surface area contributed by atoms with Crippen molar-refractivity contribution in [2.45, 2.75) is 19.8 Å². The Balaban J connectivity index is 2.02. The molecule has 4 heteroatoms. The number of aromatic nitrogens is 1. The van der Waals surface area contributed by atoms with E-state index in [0.717, 1.165) is 46.4 Å². The average molecular weight is 338 g/mol. The topological polar surface area (TPSA) is 53.1 Å². The zero-order valence-corrected chi connectivity index (χ0v) is 13.9. The molecule has 0 atom stereocenters. The fraction of sp³-hybridized carbons (Fsp3) is 0.150. The highest BCUT2D eigenvalue weighted by atomic mass is 35.5. The van der Waals surface area contributed by atoms with E-state index in [-0.39, 0.29) is 5.69 Å². The van der Waals surface area contributed by atoms with Crippen LogP contribution in [0, 0.1) is 6.92 Å². The Morgan fingerprint density at radius 1 is 1.17 bits per heavy atom. The van der Waals surface area contributed by atoms with Gasteiger partial charge in [0, 0.05) is 16.1 Å². The predicted molar refractivity (Wildman–Crippen MR) is 95.8 cm³/mol. The molecule has 24 heavy (non-hydrogen) atoms. The molecule has 1 aliphatic rings. The summed E-state index contributed by atoms with van der Waals surface area (Å²) in [5.41, 5.74) is 7.18. The highest BCUT2D eigenvalue weighted by Gasteiger charge is 2.27. The molecule has 1 heterocycles. The van der Waals surface area contributed by atoms with Crippen molar-refractivity contribution in [3.05, 3.63) is 69.9 Å². The Kier molecular flexibility index (Phi) is 3.47. The fourth-order valence-electron chi connectivity index (χ4n) is 3.62. The molecule has 2 aromatic carbocycles. The van der Waals surface area contributed by atoms with Crippen molar-refractivity contribution in [1.82, 2.24) is 4.98 Å². The molecular weight excluding hydrogens is 322 g/mol. The minimum absolute atomic E-state index is 0.235. The number of hydrogen-bond donors (Lipinski definition) is 2. The number of nitrogens with one attached hydrogen (secondary N) is 1. The van der Waals surface area contributed by atoms with E-state index in [2.05, 4.69) is 11.1 Å². The number of halogens is 1. The maximum atomic E-state index is 11.8. The lowest BCUT2D eigenvalue weighted by Gasteiger charge is -2.17. The van der Waals surface area contributed by atoms with Crippen LogP contribution >= 0.6 is 11.6 Å². The smallest absolute Gasteiger partial charge is 0.352 e. The fourth-order valence-corrected chi connectivity index (χ4v) is 3.91. The lowest BCUT2D eigenvalue weighted by Crippen LogP contribution is -2.03. The number of fused-ring (bicyclic) bond motifs is 3. The van der Waals surface area contributed by atoms with E-state index in [0.29, 0.717) is 5.02 Å². The number of carboxylic acid groups (broad SMARTS) is 1. The van der Waals surface area contributed by atoms with Gasteiger partial charge in [0.25, 0.3) is 0 Å². The van der Waals surface area contributed by atoms with Crippen LogP contribution in [0.3, 0.4) is 0 Å². The van der Waals surface area contributed by atoms with E-state index >= 15 is 0 Å². The maximum Gasteiger partial charge on any atom is 0.352 e. The van der Waals surface area contributed by atoms with Crippen LogP contribution in [0.25, 0.3) is 22.4 Å². The average Bonchev–Trinajstić information content (AvgIpc) is 2.94. The number of aromatic carboxylic acids is 1. The first-order valence-electron chi connectivity index (χ1n) is 7.88. The number of carbonyl (C=O) groups is 1. The minimum Gasteiger partial charge on any atom is -0.477 e. The van der Waals surface area contributed by atoms with Gasteiger partial charge in [0.2, 0.25) is 0 Å². The molecule has 0 saturated heterocycles. The van der Waals surface area contributed by atoms with Crippen LogP contribution in [0.4, 0.5) is 0 Å². The van der Waals surface area contributed by atoms with Crippen molar-refractivity contribution in [3.8, 4) is 22.4 Å². The Bertz CT molecular complexity index is 952. The van der Waals surface area contributed by atoms with Gasteiger partial charge in [-0.3, -0.25) is 0 Å². The second kappa shape index (κ2) is 5.53. The number of hydrogen-bond acceptors (Lipinski definition) is 1. The van der Waals surface area contributed by atoms with Crippen molar-refractivity contribution in [3.63, 3.8) is 0 Å². The van der Waals surface area contributed by atoms with Gasteiger partial charge in [-0.05, 0) is 54.2 Å². The van der Waals surface area contributed by atoms with Crippen LogP contribution in [0.2, 0.25) is 5.02 Å². The lowest BCUT2D eigenvalue weighted by molar-refractivity contribution is 0.0692. The Hall–Kier alpha value is -2.52. The lowest BCUT2D eigenvalue weighted by atomic mass is 9.86. The molecule has 0 fully saturated rings. The van der Waals surface area contributed by atoms with Gasteiger partial charge in [0.05, 0.1) is 5.69 Å². The van der Waals surface area contributed by atoms with E-state index in [9.17, 15) is 9.90 Å². The summed E-state index contributed by atoms with van der Waals surface area (Å²) < 4.78 is 0. The molecule has 2 N–H and O–H groups in total. The largest absolute Gasteiger partial charge is 0.477 e. The van der Waals surface area contributed by atoms with Crippen molar-refractivity contribution in [2.24, 2.45) is 0 Å². The van der Waals surface area contributed by atoms with Crippen LogP contribution in [0.1, 0.15) is 27.2 Å². The third-order valence-electron chi connectivity index (χ3n) is 4.58. The van der Waals surface area contributed by atoms with Gasteiger partial charge in [0.1, 0.15) is 5.69 Å². The van der Waals surface area contributed by atoms with E-state index in [4.69, 9.17) is 11.6 Å². The zero-order valence-electron chi connectivity index (χ0n) is 13.2. The molecule has 0 amide bonds. The molecule has 3 nitrogen and oxygen atoms in total. The molecule has 0 aliphatic heterocycles. The zero-order chi connectivity index (χ0) is 16.8. The van der Waals surface area contributed by atoms with Gasteiger partial charge < -0.3 is 10.1 Å². The molecule has 1 aromatic heterocycles. The minimum atomic E-state index is -0.950. The Morgan fingerprint density at radius 3 is 2.71 bits per heavy atom. The molecule has 3 aromatic rings. The number of benzene rings is 2. The van der Waals surface area contributed by atoms with Gasteiger partial charge in [-0.25, -0.2) is 4.79 Å². The summed E-state index contributed by atoms with van der Waals surface area (Å²) in [6.45, 7) is 1.96. The standard InChI is InChI=1S/C20H16ClNO2/c1-11-8-13(10-14(21)9-11)17-16-7-6-12-4-2-3-5-15(12)18(16)22-19(17)20(23)24/h2-5,8-10,22H,6-7H2,1H3,(H,23,24). The van der Waals surface area contributed by atoms with Crippen molar-refractivity contribution >= 4 is 17.6 Å². The van der Waals surface area contributed by atoms with Crippen LogP contribution in [-0.4, -0.2) is 16.1 Å².